The molecule has 0 atom stereocenters. The van der Waals surface area contributed by atoms with Crippen molar-refractivity contribution in [1.29, 1.82) is 0 Å². The number of aromatic amines is 1. The van der Waals surface area contributed by atoms with Crippen LogP contribution in [0.1, 0.15) is 38.8 Å². The van der Waals surface area contributed by atoms with E-state index in [1.807, 2.05) is 43.3 Å². The van der Waals surface area contributed by atoms with Crippen LogP contribution in [0.3, 0.4) is 0 Å². The Balaban J connectivity index is 0.000000298. The number of hydrogen-bond donors (Lipinski definition) is 2. The van der Waals surface area contributed by atoms with Gasteiger partial charge in [0, 0.05) is 11.3 Å². The lowest BCUT2D eigenvalue weighted by molar-refractivity contribution is -0.109. The third-order valence-corrected chi connectivity index (χ3v) is 3.44. The van der Waals surface area contributed by atoms with Gasteiger partial charge in [-0.3, -0.25) is 9.89 Å². The van der Waals surface area contributed by atoms with Gasteiger partial charge in [0.1, 0.15) is 11.5 Å². The number of H-pyrrole nitrogens is 1. The van der Waals surface area contributed by atoms with Crippen LogP contribution < -0.4 is 10.2 Å². The Hall–Kier alpha value is -3.35. The number of carbonyl (C=O) groups is 1. The summed E-state index contributed by atoms with van der Waals surface area (Å²) in [6, 6.07) is 10.0. The Labute approximate surface area is 172 Å². The van der Waals surface area contributed by atoms with Gasteiger partial charge in [-0.2, -0.15) is 10.2 Å². The molecule has 1 heterocycles. The SMILES string of the molecule is C=C(/C=N/NC=O)O/C=C\CCC.CCCOc1ccccc1-c1cc(C)[nH]n1. The van der Waals surface area contributed by atoms with Crippen molar-refractivity contribution in [3.8, 4) is 17.0 Å². The van der Waals surface area contributed by atoms with E-state index in [2.05, 4.69) is 41.2 Å². The lowest BCUT2D eigenvalue weighted by Gasteiger charge is -2.08. The number of nitrogens with zero attached hydrogens (tertiary/aromatic N) is 2. The van der Waals surface area contributed by atoms with Crippen molar-refractivity contribution in [1.82, 2.24) is 15.6 Å². The fraction of sp³-hybridized carbons (Fsp3) is 0.318. The molecule has 2 aromatic rings. The van der Waals surface area contributed by atoms with E-state index in [1.54, 1.807) is 6.26 Å². The van der Waals surface area contributed by atoms with E-state index in [4.69, 9.17) is 9.47 Å². The third kappa shape index (κ3) is 9.95. The molecule has 1 amide bonds. The van der Waals surface area contributed by atoms with E-state index < -0.39 is 0 Å². The van der Waals surface area contributed by atoms with Crippen LogP contribution in [0.25, 0.3) is 11.3 Å². The number of benzene rings is 1. The largest absolute Gasteiger partial charge is 0.493 e. The standard InChI is InChI=1S/C13H16N2O.C9H14N2O2/c1-3-8-16-13-7-5-4-6-11(13)12-9-10(2)14-15-12;1-3-4-5-6-13-9(2)7-10-11-8-12/h4-7,9H,3,8H2,1-2H3,(H,14,15);5-8H,2-4H2,1H3,(H,11,12)/b;6-5-,10-7+. The van der Waals surface area contributed by atoms with E-state index in [0.717, 1.165) is 48.6 Å². The first-order chi connectivity index (χ1) is 14.1. The molecule has 7 heteroatoms. The molecule has 0 aliphatic heterocycles. The zero-order chi connectivity index (χ0) is 21.3. The number of allylic oxidation sites excluding steroid dienone is 2. The molecule has 1 aromatic carbocycles. The summed E-state index contributed by atoms with van der Waals surface area (Å²) < 4.78 is 10.7. The van der Waals surface area contributed by atoms with E-state index in [9.17, 15) is 4.79 Å². The van der Waals surface area contributed by atoms with Gasteiger partial charge in [-0.15, -0.1) is 0 Å². The quantitative estimate of drug-likeness (QED) is 0.248. The van der Waals surface area contributed by atoms with Gasteiger partial charge in [-0.1, -0.05) is 39.0 Å². The first-order valence-corrected chi connectivity index (χ1v) is 9.59. The highest BCUT2D eigenvalue weighted by atomic mass is 16.5. The molecular formula is C22H30N4O3. The molecule has 29 heavy (non-hydrogen) atoms. The molecule has 0 saturated carbocycles. The van der Waals surface area contributed by atoms with Crippen LogP contribution in [-0.2, 0) is 9.53 Å². The molecule has 0 bridgehead atoms. The number of hydrazone groups is 1. The van der Waals surface area contributed by atoms with Crippen molar-refractivity contribution < 1.29 is 14.3 Å². The van der Waals surface area contributed by atoms with E-state index >= 15 is 0 Å². The number of hydrogen-bond acceptors (Lipinski definition) is 5. The molecule has 1 aromatic heterocycles. The molecule has 0 spiro atoms. The number of aromatic nitrogens is 2. The summed E-state index contributed by atoms with van der Waals surface area (Å²) in [6.45, 7) is 10.5. The number of unbranched alkanes of at least 4 members (excludes halogenated alkanes) is 1. The molecule has 156 valence electrons. The second kappa shape index (κ2) is 14.7. The predicted molar refractivity (Wildman–Crippen MR) is 117 cm³/mol. The molecule has 0 saturated heterocycles. The summed E-state index contributed by atoms with van der Waals surface area (Å²) in [5, 5.41) is 10.7. The summed E-state index contributed by atoms with van der Waals surface area (Å²) >= 11 is 0. The van der Waals surface area contributed by atoms with Crippen molar-refractivity contribution in [3.63, 3.8) is 0 Å². The average Bonchev–Trinajstić information content (AvgIpc) is 3.17. The summed E-state index contributed by atoms with van der Waals surface area (Å²) in [6.07, 6.45) is 8.30. The number of nitrogens with one attached hydrogen (secondary N) is 2. The Morgan fingerprint density at radius 3 is 2.76 bits per heavy atom. The lowest BCUT2D eigenvalue weighted by atomic mass is 10.1. The summed E-state index contributed by atoms with van der Waals surface area (Å²) in [5.41, 5.74) is 5.14. The summed E-state index contributed by atoms with van der Waals surface area (Å²) in [7, 11) is 0. The Bertz CT molecular complexity index is 797. The second-order valence-electron chi connectivity index (χ2n) is 6.03. The Morgan fingerprint density at radius 1 is 1.31 bits per heavy atom. The maximum absolute atomic E-state index is 9.78. The van der Waals surface area contributed by atoms with E-state index in [1.165, 1.54) is 6.21 Å². The van der Waals surface area contributed by atoms with Gasteiger partial charge in [0.2, 0.25) is 6.41 Å². The van der Waals surface area contributed by atoms with Gasteiger partial charge in [0.15, 0.2) is 0 Å². The minimum Gasteiger partial charge on any atom is -0.493 e. The van der Waals surface area contributed by atoms with Gasteiger partial charge < -0.3 is 9.47 Å². The molecule has 0 aliphatic rings. The van der Waals surface area contributed by atoms with Crippen LogP contribution in [0.2, 0.25) is 0 Å². The molecule has 0 aliphatic carbocycles. The number of para-hydroxylation sites is 1. The van der Waals surface area contributed by atoms with Gasteiger partial charge in [0.05, 0.1) is 24.8 Å². The van der Waals surface area contributed by atoms with E-state index in [-0.39, 0.29) is 0 Å². The summed E-state index contributed by atoms with van der Waals surface area (Å²) in [5.74, 6) is 1.28. The number of amides is 1. The van der Waals surface area contributed by atoms with Crippen molar-refractivity contribution in [2.45, 2.75) is 40.0 Å². The lowest BCUT2D eigenvalue weighted by Crippen LogP contribution is -2.01. The van der Waals surface area contributed by atoms with Crippen molar-refractivity contribution in [2.24, 2.45) is 5.10 Å². The van der Waals surface area contributed by atoms with Crippen LogP contribution in [0.15, 0.2) is 60.1 Å². The van der Waals surface area contributed by atoms with Crippen molar-refractivity contribution >= 4 is 12.6 Å². The molecule has 2 rings (SSSR count). The minimum absolute atomic E-state index is 0.377. The van der Waals surface area contributed by atoms with Crippen LogP contribution >= 0.6 is 0 Å². The van der Waals surface area contributed by atoms with Gasteiger partial charge in [-0.05, 0) is 44.0 Å². The highest BCUT2D eigenvalue weighted by Gasteiger charge is 2.07. The van der Waals surface area contributed by atoms with Gasteiger partial charge in [-0.25, -0.2) is 5.43 Å². The molecule has 0 fully saturated rings. The number of carbonyl (C=O) groups excluding carboxylic acids is 1. The maximum atomic E-state index is 9.78. The number of rotatable bonds is 11. The maximum Gasteiger partial charge on any atom is 0.227 e. The first kappa shape index (κ1) is 23.7. The third-order valence-electron chi connectivity index (χ3n) is 3.44. The average molecular weight is 399 g/mol. The van der Waals surface area contributed by atoms with Gasteiger partial charge in [0.25, 0.3) is 0 Å². The van der Waals surface area contributed by atoms with Gasteiger partial charge >= 0.3 is 0 Å². The highest BCUT2D eigenvalue weighted by molar-refractivity contribution is 5.75. The van der Waals surface area contributed by atoms with Crippen LogP contribution in [-0.4, -0.2) is 29.4 Å². The normalized spacial score (nSPS) is 10.4. The zero-order valence-electron chi connectivity index (χ0n) is 17.4. The predicted octanol–water partition coefficient (Wildman–Crippen LogP) is 4.74. The van der Waals surface area contributed by atoms with Crippen LogP contribution in [0.4, 0.5) is 0 Å². The minimum atomic E-state index is 0.377. The fourth-order valence-corrected chi connectivity index (χ4v) is 2.11. The first-order valence-electron chi connectivity index (χ1n) is 9.59. The number of ether oxygens (including phenoxy) is 2. The summed E-state index contributed by atoms with van der Waals surface area (Å²) in [4.78, 5) is 9.78. The second-order valence-corrected chi connectivity index (χ2v) is 6.03. The van der Waals surface area contributed by atoms with Crippen molar-refractivity contribution in [3.05, 3.63) is 60.7 Å². The molecular weight excluding hydrogens is 368 g/mol. The van der Waals surface area contributed by atoms with Crippen molar-refractivity contribution in [2.75, 3.05) is 6.61 Å². The van der Waals surface area contributed by atoms with Crippen LogP contribution in [0.5, 0.6) is 5.75 Å². The Kier molecular flexibility index (Phi) is 12.0. The molecule has 0 radical (unpaired) electrons. The molecule has 0 unspecified atom stereocenters. The zero-order valence-corrected chi connectivity index (χ0v) is 17.4. The number of aryl methyl sites for hydroxylation is 1. The topological polar surface area (TPSA) is 88.6 Å². The fourth-order valence-electron chi connectivity index (χ4n) is 2.11. The smallest absolute Gasteiger partial charge is 0.227 e. The molecule has 2 N–H and O–H groups in total. The van der Waals surface area contributed by atoms with Crippen LogP contribution in [0, 0.1) is 6.92 Å². The van der Waals surface area contributed by atoms with E-state index in [0.29, 0.717) is 12.2 Å². The monoisotopic (exact) mass is 398 g/mol. The Morgan fingerprint density at radius 2 is 2.10 bits per heavy atom. The highest BCUT2D eigenvalue weighted by Crippen LogP contribution is 2.28. The molecule has 7 nitrogen and oxygen atoms in total.